The molecular weight excluding hydrogens is 593 g/mol. The van der Waals surface area contributed by atoms with Crippen LogP contribution in [0.3, 0.4) is 0 Å². The lowest BCUT2D eigenvalue weighted by Crippen LogP contribution is -2.67. The van der Waals surface area contributed by atoms with Crippen molar-refractivity contribution < 1.29 is 23.1 Å². The zero-order valence-electron chi connectivity index (χ0n) is 28.4. The van der Waals surface area contributed by atoms with Gasteiger partial charge in [0.05, 0.1) is 25.4 Å². The summed E-state index contributed by atoms with van der Waals surface area (Å²) in [7, 11) is -4.95. The molecule has 1 fully saturated rings. The first-order valence-corrected chi connectivity index (χ1v) is 21.2. The zero-order chi connectivity index (χ0) is 32.3. The SMILES string of the molecule is CC(C)(C)[Si](C)(C)O[C@@H]1/C=C\C[C@@H]2OC(c3ccccc3)OC[C@H]2O[C@H]1CO[Si](c1ccccc1)(c1ccccc1)C(C)(C)C. The van der Waals surface area contributed by atoms with Gasteiger partial charge in [0.2, 0.25) is 0 Å². The summed E-state index contributed by atoms with van der Waals surface area (Å²) in [6.45, 7) is 19.2. The summed E-state index contributed by atoms with van der Waals surface area (Å²) in [6, 6.07) is 31.7. The second kappa shape index (κ2) is 13.8. The smallest absolute Gasteiger partial charge is 0.261 e. The number of ether oxygens (including phenoxy) is 3. The first-order valence-electron chi connectivity index (χ1n) is 16.4. The van der Waals surface area contributed by atoms with Crippen molar-refractivity contribution in [2.45, 2.75) is 102 Å². The fourth-order valence-electron chi connectivity index (χ4n) is 6.20. The van der Waals surface area contributed by atoms with Crippen LogP contribution in [0.25, 0.3) is 0 Å². The van der Waals surface area contributed by atoms with Crippen LogP contribution < -0.4 is 10.4 Å². The lowest BCUT2D eigenvalue weighted by atomic mass is 10.0. The molecule has 242 valence electrons. The van der Waals surface area contributed by atoms with E-state index in [1.54, 1.807) is 0 Å². The molecule has 3 aromatic rings. The van der Waals surface area contributed by atoms with Gasteiger partial charge in [0, 0.05) is 5.56 Å². The minimum absolute atomic E-state index is 0.0507. The quantitative estimate of drug-likeness (QED) is 0.185. The fourth-order valence-corrected chi connectivity index (χ4v) is 12.0. The molecule has 2 aliphatic rings. The summed E-state index contributed by atoms with van der Waals surface area (Å²) in [6.07, 6.45) is 3.78. The van der Waals surface area contributed by atoms with Gasteiger partial charge in [-0.2, -0.15) is 0 Å². The van der Waals surface area contributed by atoms with Gasteiger partial charge in [-0.25, -0.2) is 0 Å². The van der Waals surface area contributed by atoms with E-state index in [0.717, 1.165) is 12.0 Å². The van der Waals surface area contributed by atoms with Crippen molar-refractivity contribution in [1.82, 2.24) is 0 Å². The van der Waals surface area contributed by atoms with E-state index < -0.39 is 22.9 Å². The Morgan fingerprint density at radius 1 is 0.711 bits per heavy atom. The molecule has 45 heavy (non-hydrogen) atoms. The molecule has 0 N–H and O–H groups in total. The van der Waals surface area contributed by atoms with Gasteiger partial charge in [0.15, 0.2) is 14.6 Å². The van der Waals surface area contributed by atoms with Gasteiger partial charge in [-0.3, -0.25) is 0 Å². The molecule has 0 amide bonds. The molecule has 5 nitrogen and oxygen atoms in total. The van der Waals surface area contributed by atoms with Crippen LogP contribution in [0.2, 0.25) is 23.2 Å². The topological polar surface area (TPSA) is 46.2 Å². The van der Waals surface area contributed by atoms with Gasteiger partial charge < -0.3 is 23.1 Å². The Balaban J connectivity index is 1.50. The van der Waals surface area contributed by atoms with E-state index >= 15 is 0 Å². The summed E-state index contributed by atoms with van der Waals surface area (Å²) < 4.78 is 34.4. The van der Waals surface area contributed by atoms with E-state index in [1.807, 2.05) is 30.3 Å². The van der Waals surface area contributed by atoms with Gasteiger partial charge in [0.25, 0.3) is 8.32 Å². The maximum absolute atomic E-state index is 7.44. The van der Waals surface area contributed by atoms with E-state index in [1.165, 1.54) is 10.4 Å². The zero-order valence-corrected chi connectivity index (χ0v) is 30.4. The molecule has 1 saturated heterocycles. The minimum atomic E-state index is -2.80. The van der Waals surface area contributed by atoms with Crippen LogP contribution in [0.15, 0.2) is 103 Å². The highest BCUT2D eigenvalue weighted by molar-refractivity contribution is 6.99. The molecule has 0 aliphatic carbocycles. The molecule has 0 radical (unpaired) electrons. The van der Waals surface area contributed by atoms with Crippen LogP contribution >= 0.6 is 0 Å². The molecular formula is C38H52O5Si2. The first kappa shape index (κ1) is 34.0. The fraction of sp³-hybridized carbons (Fsp3) is 0.474. The molecule has 7 heteroatoms. The summed E-state index contributed by atoms with van der Waals surface area (Å²) in [4.78, 5) is 0. The highest BCUT2D eigenvalue weighted by Gasteiger charge is 2.51. The Morgan fingerprint density at radius 2 is 1.27 bits per heavy atom. The Morgan fingerprint density at radius 3 is 1.80 bits per heavy atom. The normalized spacial score (nSPS) is 25.6. The third-order valence-corrected chi connectivity index (χ3v) is 19.2. The van der Waals surface area contributed by atoms with Gasteiger partial charge in [-0.05, 0) is 40.0 Å². The number of benzene rings is 3. The summed E-state index contributed by atoms with van der Waals surface area (Å²) in [5, 5.41) is 2.40. The van der Waals surface area contributed by atoms with E-state index in [0.29, 0.717) is 13.2 Å². The van der Waals surface area contributed by atoms with Gasteiger partial charge in [0.1, 0.15) is 12.2 Å². The molecule has 0 spiro atoms. The minimum Gasteiger partial charge on any atom is -0.408 e. The van der Waals surface area contributed by atoms with Crippen LogP contribution in [0.5, 0.6) is 0 Å². The molecule has 3 aromatic carbocycles. The Kier molecular flexibility index (Phi) is 10.4. The van der Waals surface area contributed by atoms with E-state index in [4.69, 9.17) is 23.1 Å². The van der Waals surface area contributed by atoms with E-state index in [9.17, 15) is 0 Å². The molecule has 2 heterocycles. The van der Waals surface area contributed by atoms with Crippen molar-refractivity contribution in [2.75, 3.05) is 13.2 Å². The predicted octanol–water partition coefficient (Wildman–Crippen LogP) is 7.78. The monoisotopic (exact) mass is 644 g/mol. The number of hydrogen-bond acceptors (Lipinski definition) is 5. The molecule has 1 unspecified atom stereocenters. The second-order valence-corrected chi connectivity index (χ2v) is 24.0. The standard InChI is InChI=1S/C38H52O5Si2/c1-37(2,3)44(7,8)43-33-26-18-25-32-34(27-39-36(42-32)29-19-12-9-13-20-29)41-35(33)28-40-45(38(4,5)6,30-21-14-10-15-22-30)31-23-16-11-17-24-31/h9-24,26,32-36H,25,27-28H2,1-8H3/b26-18-/t32-,33+,34+,35-,36?/m0/s1. The number of rotatable bonds is 8. The van der Waals surface area contributed by atoms with Crippen molar-refractivity contribution in [3.05, 3.63) is 109 Å². The maximum atomic E-state index is 7.44. The van der Waals surface area contributed by atoms with Crippen molar-refractivity contribution in [3.63, 3.8) is 0 Å². The second-order valence-electron chi connectivity index (χ2n) is 14.9. The van der Waals surface area contributed by atoms with Gasteiger partial charge in [-0.1, -0.05) is 145 Å². The van der Waals surface area contributed by atoms with Gasteiger partial charge in [-0.15, -0.1) is 0 Å². The first-order chi connectivity index (χ1) is 21.3. The van der Waals surface area contributed by atoms with Gasteiger partial charge >= 0.3 is 0 Å². The number of fused-ring (bicyclic) bond motifs is 1. The molecule has 0 aromatic heterocycles. The highest BCUT2D eigenvalue weighted by atomic mass is 28.4. The molecule has 5 rings (SSSR count). The molecule has 5 atom stereocenters. The lowest BCUT2D eigenvalue weighted by Gasteiger charge is -2.46. The van der Waals surface area contributed by atoms with Crippen molar-refractivity contribution in [3.8, 4) is 0 Å². The average Bonchev–Trinajstić information content (AvgIpc) is 3.00. The molecule has 0 bridgehead atoms. The lowest BCUT2D eigenvalue weighted by molar-refractivity contribution is -0.277. The molecule has 0 saturated carbocycles. The van der Waals surface area contributed by atoms with E-state index in [2.05, 4.69) is 127 Å². The third-order valence-electron chi connectivity index (χ3n) is 9.72. The van der Waals surface area contributed by atoms with Crippen LogP contribution in [0.1, 0.15) is 59.8 Å². The van der Waals surface area contributed by atoms with Crippen LogP contribution in [0.4, 0.5) is 0 Å². The van der Waals surface area contributed by atoms with Crippen molar-refractivity contribution >= 4 is 27.0 Å². The predicted molar refractivity (Wildman–Crippen MR) is 188 cm³/mol. The Bertz CT molecular complexity index is 1340. The van der Waals surface area contributed by atoms with Crippen LogP contribution in [-0.4, -0.2) is 54.3 Å². The number of hydrogen-bond donors (Lipinski definition) is 0. The summed E-state index contributed by atoms with van der Waals surface area (Å²) >= 11 is 0. The largest absolute Gasteiger partial charge is 0.408 e. The summed E-state index contributed by atoms with van der Waals surface area (Å²) in [5.41, 5.74) is 1.02. The van der Waals surface area contributed by atoms with E-state index in [-0.39, 0.29) is 34.5 Å². The highest BCUT2D eigenvalue weighted by Crippen LogP contribution is 2.40. The van der Waals surface area contributed by atoms with Crippen LogP contribution in [-0.2, 0) is 23.1 Å². The maximum Gasteiger partial charge on any atom is 0.261 e. The summed E-state index contributed by atoms with van der Waals surface area (Å²) in [5.74, 6) is 0. The van der Waals surface area contributed by atoms with Crippen molar-refractivity contribution in [1.29, 1.82) is 0 Å². The van der Waals surface area contributed by atoms with Crippen molar-refractivity contribution in [2.24, 2.45) is 0 Å². The Labute approximate surface area is 273 Å². The average molecular weight is 645 g/mol. The Hall–Kier alpha value is -2.37. The van der Waals surface area contributed by atoms with Crippen LogP contribution in [0, 0.1) is 0 Å². The molecule has 2 aliphatic heterocycles. The third kappa shape index (κ3) is 7.46.